The minimum absolute atomic E-state index is 0.0605. The van der Waals surface area contributed by atoms with Gasteiger partial charge in [0.05, 0.1) is 17.1 Å². The van der Waals surface area contributed by atoms with Gasteiger partial charge in [-0.05, 0) is 90.9 Å². The number of nitrogens with zero attached hydrogens (tertiary/aromatic N) is 2. The second kappa shape index (κ2) is 12.0. The molecule has 5 aromatic rings. The van der Waals surface area contributed by atoms with Crippen molar-refractivity contribution in [1.82, 2.24) is 9.88 Å². The van der Waals surface area contributed by atoms with Gasteiger partial charge in [-0.1, -0.05) is 121 Å². The molecule has 3 nitrogen and oxygen atoms in total. The first kappa shape index (κ1) is 29.1. The smallest absolute Gasteiger partial charge is 0.130 e. The predicted molar refractivity (Wildman–Crippen MR) is 209 cm³/mol. The van der Waals surface area contributed by atoms with Crippen LogP contribution in [0.3, 0.4) is 0 Å². The van der Waals surface area contributed by atoms with E-state index in [9.17, 15) is 0 Å². The van der Waals surface area contributed by atoms with E-state index in [-0.39, 0.29) is 6.17 Å². The first-order chi connectivity index (χ1) is 24.8. The number of nitrogens with one attached hydrogen (secondary N) is 1. The van der Waals surface area contributed by atoms with Gasteiger partial charge in [0.1, 0.15) is 6.17 Å². The molecule has 50 heavy (non-hydrogen) atoms. The summed E-state index contributed by atoms with van der Waals surface area (Å²) in [6.07, 6.45) is 30.1. The lowest BCUT2D eigenvalue weighted by Gasteiger charge is -2.37. The van der Waals surface area contributed by atoms with E-state index in [1.165, 1.54) is 78.5 Å². The van der Waals surface area contributed by atoms with E-state index in [1.54, 1.807) is 0 Å². The molecular weight excluding hydrogens is 607 g/mol. The summed E-state index contributed by atoms with van der Waals surface area (Å²) in [5.74, 6) is 0.359. The lowest BCUT2D eigenvalue weighted by atomic mass is 9.88. The van der Waals surface area contributed by atoms with Crippen molar-refractivity contribution in [2.75, 3.05) is 4.90 Å². The van der Waals surface area contributed by atoms with Crippen LogP contribution in [-0.2, 0) is 6.42 Å². The average molecular weight is 646 g/mol. The highest BCUT2D eigenvalue weighted by molar-refractivity contribution is 6.03. The summed E-state index contributed by atoms with van der Waals surface area (Å²) in [6, 6.07) is 34.3. The molecule has 3 heterocycles. The maximum absolute atomic E-state index is 3.77. The molecule has 0 amide bonds. The summed E-state index contributed by atoms with van der Waals surface area (Å²) >= 11 is 0. The van der Waals surface area contributed by atoms with E-state index in [0.717, 1.165) is 32.1 Å². The van der Waals surface area contributed by atoms with Gasteiger partial charge in [-0.15, -0.1) is 0 Å². The Morgan fingerprint density at radius 3 is 2.38 bits per heavy atom. The van der Waals surface area contributed by atoms with Crippen LogP contribution in [-0.4, -0.2) is 4.57 Å². The highest BCUT2D eigenvalue weighted by Crippen LogP contribution is 2.55. The molecule has 1 N–H and O–H groups in total. The van der Waals surface area contributed by atoms with Crippen LogP contribution >= 0.6 is 0 Å². The normalized spacial score (nSPS) is 19.4. The number of hydrogen-bond acceptors (Lipinski definition) is 2. The van der Waals surface area contributed by atoms with Gasteiger partial charge < -0.3 is 14.8 Å². The topological polar surface area (TPSA) is 20.2 Å². The van der Waals surface area contributed by atoms with Gasteiger partial charge in [-0.25, -0.2) is 0 Å². The van der Waals surface area contributed by atoms with Crippen molar-refractivity contribution in [2.45, 2.75) is 44.2 Å². The van der Waals surface area contributed by atoms with Gasteiger partial charge >= 0.3 is 0 Å². The Morgan fingerprint density at radius 1 is 0.700 bits per heavy atom. The molecule has 0 saturated heterocycles. The lowest BCUT2D eigenvalue weighted by Crippen LogP contribution is -2.35. The Balaban J connectivity index is 1.27. The van der Waals surface area contributed by atoms with Crippen molar-refractivity contribution in [2.24, 2.45) is 0 Å². The third-order valence-electron chi connectivity index (χ3n) is 11.1. The van der Waals surface area contributed by atoms with E-state index < -0.39 is 0 Å². The molecule has 242 valence electrons. The Morgan fingerprint density at radius 2 is 1.52 bits per heavy atom. The summed E-state index contributed by atoms with van der Waals surface area (Å²) in [5, 5.41) is 3.77. The summed E-state index contributed by atoms with van der Waals surface area (Å²) < 4.78 is 2.64. The van der Waals surface area contributed by atoms with Crippen LogP contribution in [0.4, 0.5) is 11.4 Å². The van der Waals surface area contributed by atoms with Gasteiger partial charge in [0, 0.05) is 45.1 Å². The molecule has 3 heteroatoms. The third-order valence-corrected chi connectivity index (χ3v) is 11.1. The van der Waals surface area contributed by atoms with Gasteiger partial charge in [-0.2, -0.15) is 0 Å². The SMILES string of the molecule is C1=CCCC(c2cc(C3C=CC=CC3)cc(-n3c4c(c5c3-c3ccccc3N(C3NC=Cc6ccccc63)c3ccccc3-5)C=CCC4)c2)=C1. The van der Waals surface area contributed by atoms with Gasteiger partial charge in [0.2, 0.25) is 0 Å². The van der Waals surface area contributed by atoms with E-state index in [0.29, 0.717) is 5.92 Å². The maximum Gasteiger partial charge on any atom is 0.130 e. The number of hydrogen-bond donors (Lipinski definition) is 1. The molecule has 0 saturated carbocycles. The van der Waals surface area contributed by atoms with Crippen LogP contribution in [0, 0.1) is 0 Å². The average Bonchev–Trinajstić information content (AvgIpc) is 3.48. The number of fused-ring (bicyclic) bond motifs is 8. The second-order valence-corrected chi connectivity index (χ2v) is 13.9. The molecule has 2 atom stereocenters. The van der Waals surface area contributed by atoms with Gasteiger partial charge in [0.25, 0.3) is 0 Å². The molecule has 0 fully saturated rings. The zero-order valence-electron chi connectivity index (χ0n) is 28.1. The first-order valence-electron chi connectivity index (χ1n) is 18.1. The van der Waals surface area contributed by atoms with Crippen molar-refractivity contribution < 1.29 is 0 Å². The molecule has 4 aromatic carbocycles. The quantitative estimate of drug-likeness (QED) is 0.210. The molecule has 5 aliphatic rings. The molecule has 0 radical (unpaired) electrons. The summed E-state index contributed by atoms with van der Waals surface area (Å²) in [4.78, 5) is 2.54. The van der Waals surface area contributed by atoms with Crippen molar-refractivity contribution in [3.05, 3.63) is 179 Å². The zero-order chi connectivity index (χ0) is 33.0. The van der Waals surface area contributed by atoms with Crippen LogP contribution in [0.2, 0.25) is 0 Å². The van der Waals surface area contributed by atoms with Gasteiger partial charge in [0.15, 0.2) is 0 Å². The molecular formula is C47H39N3. The number of para-hydroxylation sites is 2. The fourth-order valence-corrected chi connectivity index (χ4v) is 8.76. The molecule has 2 unspecified atom stereocenters. The Labute approximate surface area is 294 Å². The van der Waals surface area contributed by atoms with E-state index in [4.69, 9.17) is 0 Å². The lowest BCUT2D eigenvalue weighted by molar-refractivity contribution is 0.626. The first-order valence-corrected chi connectivity index (χ1v) is 18.1. The van der Waals surface area contributed by atoms with Crippen molar-refractivity contribution >= 4 is 29.1 Å². The Kier molecular flexibility index (Phi) is 6.97. The summed E-state index contributed by atoms with van der Waals surface area (Å²) in [5.41, 5.74) is 18.2. The summed E-state index contributed by atoms with van der Waals surface area (Å²) in [7, 11) is 0. The number of aromatic nitrogens is 1. The number of benzene rings is 4. The van der Waals surface area contributed by atoms with Crippen molar-refractivity contribution in [3.8, 4) is 28.1 Å². The standard InChI is InChI=1S/C47H39N3/c1-3-15-32(16-4-1)35-29-36(33-17-5-2-6-18-33)31-37(30-35)49-42-24-12-9-21-39(42)45-40-22-10-13-25-43(40)50(44-26-14-11-23-41(44)46(45)49)47-38-20-8-7-19-34(38)27-28-48-47/h1-5,7-11,13-15,17,19-23,25-32,47-48H,6,12,16,18,24H2. The van der Waals surface area contributed by atoms with Crippen LogP contribution in [0.15, 0.2) is 146 Å². The minimum atomic E-state index is -0.0605. The van der Waals surface area contributed by atoms with Crippen LogP contribution in [0.1, 0.15) is 71.3 Å². The minimum Gasteiger partial charge on any atom is -0.367 e. The zero-order valence-corrected chi connectivity index (χ0v) is 28.1. The molecule has 1 aromatic heterocycles. The predicted octanol–water partition coefficient (Wildman–Crippen LogP) is 11.8. The number of rotatable bonds is 4. The van der Waals surface area contributed by atoms with Crippen molar-refractivity contribution in [1.29, 1.82) is 0 Å². The highest BCUT2D eigenvalue weighted by Gasteiger charge is 2.36. The maximum atomic E-state index is 3.77. The fraction of sp³-hybridized carbons (Fsp3) is 0.149. The highest BCUT2D eigenvalue weighted by atomic mass is 15.3. The largest absolute Gasteiger partial charge is 0.367 e. The fourth-order valence-electron chi connectivity index (χ4n) is 8.76. The molecule has 0 spiro atoms. The molecule has 10 rings (SSSR count). The van der Waals surface area contributed by atoms with Crippen LogP contribution < -0.4 is 10.2 Å². The van der Waals surface area contributed by atoms with Crippen LogP contribution in [0.25, 0.3) is 45.8 Å². The Hall–Kier alpha value is -5.80. The molecule has 2 aliphatic heterocycles. The number of allylic oxidation sites excluding steroid dienone is 9. The summed E-state index contributed by atoms with van der Waals surface area (Å²) in [6.45, 7) is 0. The van der Waals surface area contributed by atoms with E-state index >= 15 is 0 Å². The van der Waals surface area contributed by atoms with E-state index in [2.05, 4.69) is 173 Å². The monoisotopic (exact) mass is 645 g/mol. The Bertz CT molecular complexity index is 2360. The third kappa shape index (κ3) is 4.64. The van der Waals surface area contributed by atoms with Crippen molar-refractivity contribution in [3.63, 3.8) is 0 Å². The molecule has 0 bridgehead atoms. The van der Waals surface area contributed by atoms with Crippen LogP contribution in [0.5, 0.6) is 0 Å². The number of anilines is 2. The second-order valence-electron chi connectivity index (χ2n) is 13.9. The van der Waals surface area contributed by atoms with E-state index in [1.807, 2.05) is 0 Å². The molecule has 3 aliphatic carbocycles. The van der Waals surface area contributed by atoms with Gasteiger partial charge in [-0.3, -0.25) is 0 Å².